The number of allylic oxidation sites excluding steroid dienone is 4. The number of rotatable bonds is 4. The molecule has 3 aromatic rings. The molecule has 1 aliphatic carbocycles. The Labute approximate surface area is 195 Å². The van der Waals surface area contributed by atoms with Gasteiger partial charge in [-0.2, -0.15) is 0 Å². The van der Waals surface area contributed by atoms with Gasteiger partial charge in [-0.1, -0.05) is 112 Å². The smallest absolute Gasteiger partial charge is 0.0636 e. The summed E-state index contributed by atoms with van der Waals surface area (Å²) in [4.78, 5) is 0. The first kappa shape index (κ1) is 22.5. The standard InChI is InChI=1S/C31H36Si/c1-20-14-15-23(4)30(19-20)32(28-12-10-9-11-13-28,29-17-21(2)16-22(3)18-29)31-26(7)24(5)25(6)27(31)8/h9-19,26H,1-8H3. The molecule has 0 amide bonds. The zero-order chi connectivity index (χ0) is 23.2. The summed E-state index contributed by atoms with van der Waals surface area (Å²) in [5.41, 5.74) is 9.96. The summed E-state index contributed by atoms with van der Waals surface area (Å²) in [7, 11) is -2.50. The van der Waals surface area contributed by atoms with Crippen LogP contribution in [0.5, 0.6) is 0 Å². The van der Waals surface area contributed by atoms with Crippen molar-refractivity contribution in [3.05, 3.63) is 111 Å². The van der Waals surface area contributed by atoms with E-state index in [0.29, 0.717) is 5.92 Å². The van der Waals surface area contributed by atoms with Gasteiger partial charge in [0.15, 0.2) is 8.07 Å². The number of aryl methyl sites for hydroxylation is 4. The molecule has 32 heavy (non-hydrogen) atoms. The van der Waals surface area contributed by atoms with Gasteiger partial charge in [-0.05, 0) is 75.5 Å². The molecule has 164 valence electrons. The largest absolute Gasteiger partial charge is 0.176 e. The number of hydrogen-bond acceptors (Lipinski definition) is 0. The lowest BCUT2D eigenvalue weighted by Crippen LogP contribution is -2.70. The van der Waals surface area contributed by atoms with Gasteiger partial charge < -0.3 is 0 Å². The van der Waals surface area contributed by atoms with Crippen LogP contribution in [0.15, 0.2) is 88.6 Å². The van der Waals surface area contributed by atoms with Crippen LogP contribution in [0.1, 0.15) is 49.9 Å². The number of hydrogen-bond donors (Lipinski definition) is 0. The van der Waals surface area contributed by atoms with E-state index in [9.17, 15) is 0 Å². The van der Waals surface area contributed by atoms with Gasteiger partial charge in [-0.25, -0.2) is 0 Å². The molecule has 0 N–H and O–H groups in total. The van der Waals surface area contributed by atoms with E-state index in [1.54, 1.807) is 5.20 Å². The maximum atomic E-state index is 2.49. The molecule has 4 rings (SSSR count). The van der Waals surface area contributed by atoms with Crippen molar-refractivity contribution in [1.82, 2.24) is 0 Å². The molecule has 3 aromatic carbocycles. The van der Waals surface area contributed by atoms with E-state index in [1.165, 1.54) is 54.5 Å². The molecule has 0 saturated carbocycles. The van der Waals surface area contributed by atoms with Gasteiger partial charge >= 0.3 is 0 Å². The van der Waals surface area contributed by atoms with Gasteiger partial charge in [-0.15, -0.1) is 0 Å². The quantitative estimate of drug-likeness (QED) is 0.336. The average molecular weight is 437 g/mol. The third-order valence-electron chi connectivity index (χ3n) is 7.70. The Morgan fingerprint density at radius 1 is 0.594 bits per heavy atom. The van der Waals surface area contributed by atoms with E-state index >= 15 is 0 Å². The summed E-state index contributed by atoms with van der Waals surface area (Å²) in [5.74, 6) is 0.447. The summed E-state index contributed by atoms with van der Waals surface area (Å²) in [5, 5.41) is 6.20. The van der Waals surface area contributed by atoms with Crippen LogP contribution in [-0.2, 0) is 0 Å². The summed E-state index contributed by atoms with van der Waals surface area (Å²) in [6.45, 7) is 18.5. The fraction of sp³-hybridized carbons (Fsp3) is 0.290. The Kier molecular flexibility index (Phi) is 5.90. The van der Waals surface area contributed by atoms with Crippen LogP contribution in [0.4, 0.5) is 0 Å². The van der Waals surface area contributed by atoms with E-state index in [1.807, 2.05) is 0 Å². The molecule has 1 aliphatic rings. The summed E-state index contributed by atoms with van der Waals surface area (Å²) in [6, 6.07) is 25.7. The summed E-state index contributed by atoms with van der Waals surface area (Å²) < 4.78 is 0. The highest BCUT2D eigenvalue weighted by molar-refractivity contribution is 7.16. The van der Waals surface area contributed by atoms with Gasteiger partial charge in [-0.3, -0.25) is 0 Å². The highest BCUT2D eigenvalue weighted by atomic mass is 28.3. The van der Waals surface area contributed by atoms with Crippen molar-refractivity contribution in [3.8, 4) is 0 Å². The van der Waals surface area contributed by atoms with Crippen LogP contribution in [0, 0.1) is 33.6 Å². The lowest BCUT2D eigenvalue weighted by atomic mass is 10.1. The van der Waals surface area contributed by atoms with Gasteiger partial charge in [0.1, 0.15) is 0 Å². The van der Waals surface area contributed by atoms with Gasteiger partial charge in [0.25, 0.3) is 0 Å². The van der Waals surface area contributed by atoms with Crippen molar-refractivity contribution in [2.24, 2.45) is 5.92 Å². The molecule has 1 heteroatoms. The molecule has 0 spiro atoms. The van der Waals surface area contributed by atoms with Gasteiger partial charge in [0.05, 0.1) is 0 Å². The molecule has 2 atom stereocenters. The maximum Gasteiger partial charge on any atom is 0.176 e. The van der Waals surface area contributed by atoms with Crippen molar-refractivity contribution in [1.29, 1.82) is 0 Å². The summed E-state index contributed by atoms with van der Waals surface area (Å²) >= 11 is 0. The van der Waals surface area contributed by atoms with E-state index in [4.69, 9.17) is 0 Å². The zero-order valence-electron chi connectivity index (χ0n) is 20.9. The Hall–Kier alpha value is -2.64. The second kappa shape index (κ2) is 8.37. The van der Waals surface area contributed by atoms with Crippen LogP contribution in [0.25, 0.3) is 0 Å². The topological polar surface area (TPSA) is 0 Å². The SMILES string of the molecule is CC1=C(C)C(C)C([Si](c2ccccc2)(c2cc(C)cc(C)c2)c2cc(C)ccc2C)=C1C. The van der Waals surface area contributed by atoms with E-state index in [2.05, 4.69) is 122 Å². The van der Waals surface area contributed by atoms with Crippen LogP contribution in [-0.4, -0.2) is 8.07 Å². The first-order valence-electron chi connectivity index (χ1n) is 11.8. The van der Waals surface area contributed by atoms with Crippen molar-refractivity contribution in [3.63, 3.8) is 0 Å². The van der Waals surface area contributed by atoms with Crippen molar-refractivity contribution in [2.45, 2.75) is 55.4 Å². The Morgan fingerprint density at radius 2 is 1.22 bits per heavy atom. The first-order chi connectivity index (χ1) is 15.2. The maximum absolute atomic E-state index is 2.50. The fourth-order valence-corrected chi connectivity index (χ4v) is 12.1. The van der Waals surface area contributed by atoms with Crippen molar-refractivity contribution in [2.75, 3.05) is 0 Å². The predicted octanol–water partition coefficient (Wildman–Crippen LogP) is 6.23. The molecular formula is C31H36Si. The van der Waals surface area contributed by atoms with E-state index in [0.717, 1.165) is 0 Å². The predicted molar refractivity (Wildman–Crippen MR) is 143 cm³/mol. The highest BCUT2D eigenvalue weighted by Crippen LogP contribution is 2.41. The first-order valence-corrected chi connectivity index (χ1v) is 13.8. The van der Waals surface area contributed by atoms with Gasteiger partial charge in [0, 0.05) is 0 Å². The second-order valence-corrected chi connectivity index (χ2v) is 13.6. The molecular weight excluding hydrogens is 400 g/mol. The number of benzene rings is 3. The lowest BCUT2D eigenvalue weighted by Gasteiger charge is -2.40. The molecule has 0 radical (unpaired) electrons. The Morgan fingerprint density at radius 3 is 1.78 bits per heavy atom. The molecule has 2 unspecified atom stereocenters. The van der Waals surface area contributed by atoms with E-state index < -0.39 is 8.07 Å². The lowest BCUT2D eigenvalue weighted by molar-refractivity contribution is 0.851. The van der Waals surface area contributed by atoms with Gasteiger partial charge in [0.2, 0.25) is 0 Å². The molecule has 0 heterocycles. The molecule has 0 fully saturated rings. The molecule has 0 saturated heterocycles. The normalized spacial score (nSPS) is 18.3. The molecule has 0 bridgehead atoms. The molecule has 0 aromatic heterocycles. The third kappa shape index (κ3) is 3.44. The third-order valence-corrected chi connectivity index (χ3v) is 13.0. The minimum atomic E-state index is -2.50. The van der Waals surface area contributed by atoms with Crippen LogP contribution in [0.3, 0.4) is 0 Å². The minimum Gasteiger partial charge on any atom is -0.0636 e. The molecule has 0 aliphatic heterocycles. The van der Waals surface area contributed by atoms with Crippen LogP contribution >= 0.6 is 0 Å². The van der Waals surface area contributed by atoms with E-state index in [-0.39, 0.29) is 0 Å². The fourth-order valence-electron chi connectivity index (χ4n) is 5.92. The monoisotopic (exact) mass is 436 g/mol. The van der Waals surface area contributed by atoms with Crippen LogP contribution in [0.2, 0.25) is 0 Å². The van der Waals surface area contributed by atoms with Crippen molar-refractivity contribution < 1.29 is 0 Å². The highest BCUT2D eigenvalue weighted by Gasteiger charge is 2.48. The minimum absolute atomic E-state index is 0.447. The zero-order valence-corrected chi connectivity index (χ0v) is 21.9. The Bertz CT molecular complexity index is 1220. The second-order valence-electron chi connectivity index (χ2n) is 9.88. The van der Waals surface area contributed by atoms with Crippen LogP contribution < -0.4 is 15.6 Å². The van der Waals surface area contributed by atoms with Crippen molar-refractivity contribution >= 4 is 23.6 Å². The summed E-state index contributed by atoms with van der Waals surface area (Å²) in [6.07, 6.45) is 0. The molecule has 0 nitrogen and oxygen atoms in total. The average Bonchev–Trinajstić information content (AvgIpc) is 2.95. The Balaban J connectivity index is 2.25.